The lowest BCUT2D eigenvalue weighted by molar-refractivity contribution is -0.138. The Kier molecular flexibility index (Phi) is 5.09. The number of nitrogens with zero attached hydrogens (tertiary/aromatic N) is 2. The fraction of sp³-hybridized carbons (Fsp3) is 0.417. The summed E-state index contributed by atoms with van der Waals surface area (Å²) < 4.78 is 0. The molecule has 6 heteroatoms. The molecule has 98 valence electrons. The minimum Gasteiger partial charge on any atom is -0.480 e. The van der Waals surface area contributed by atoms with Crippen LogP contribution in [-0.2, 0) is 4.79 Å². The fourth-order valence-corrected chi connectivity index (χ4v) is 1.63. The van der Waals surface area contributed by atoms with Gasteiger partial charge < -0.3 is 10.0 Å². The van der Waals surface area contributed by atoms with E-state index in [9.17, 15) is 9.59 Å². The highest BCUT2D eigenvalue weighted by Crippen LogP contribution is 2.11. The lowest BCUT2D eigenvalue weighted by atomic mass is 10.2. The van der Waals surface area contributed by atoms with Gasteiger partial charge in [-0.2, -0.15) is 0 Å². The minimum atomic E-state index is -1.05. The van der Waals surface area contributed by atoms with E-state index in [1.54, 1.807) is 19.1 Å². The van der Waals surface area contributed by atoms with E-state index in [2.05, 4.69) is 4.98 Å². The fourth-order valence-electron chi connectivity index (χ4n) is 1.47. The van der Waals surface area contributed by atoms with Crippen molar-refractivity contribution in [3.05, 3.63) is 29.0 Å². The van der Waals surface area contributed by atoms with Crippen molar-refractivity contribution in [1.29, 1.82) is 0 Å². The third-order valence-electron chi connectivity index (χ3n) is 2.62. The van der Waals surface area contributed by atoms with Crippen molar-refractivity contribution in [1.82, 2.24) is 9.88 Å². The topological polar surface area (TPSA) is 70.5 Å². The van der Waals surface area contributed by atoms with Gasteiger partial charge in [0.2, 0.25) is 0 Å². The molecule has 1 aromatic heterocycles. The second-order valence-corrected chi connectivity index (χ2v) is 4.32. The molecule has 1 aromatic rings. The largest absolute Gasteiger partial charge is 0.480 e. The van der Waals surface area contributed by atoms with Gasteiger partial charge in [-0.15, -0.1) is 0 Å². The molecule has 1 rings (SSSR count). The molecule has 0 radical (unpaired) electrons. The molecule has 0 saturated heterocycles. The summed E-state index contributed by atoms with van der Waals surface area (Å²) in [5, 5.41) is 9.05. The maximum Gasteiger partial charge on any atom is 0.323 e. The Morgan fingerprint density at radius 2 is 2.17 bits per heavy atom. The van der Waals surface area contributed by atoms with Gasteiger partial charge in [0.05, 0.1) is 0 Å². The van der Waals surface area contributed by atoms with Gasteiger partial charge in [0, 0.05) is 6.04 Å². The summed E-state index contributed by atoms with van der Waals surface area (Å²) in [5.74, 6) is -1.47. The summed E-state index contributed by atoms with van der Waals surface area (Å²) in [6.45, 7) is 3.34. The predicted octanol–water partition coefficient (Wildman–Crippen LogP) is 2.06. The monoisotopic (exact) mass is 270 g/mol. The van der Waals surface area contributed by atoms with E-state index in [1.165, 1.54) is 11.0 Å². The molecule has 1 N–H and O–H groups in total. The number of carboxylic acid groups (broad SMARTS) is 1. The van der Waals surface area contributed by atoms with E-state index in [0.717, 1.165) is 0 Å². The van der Waals surface area contributed by atoms with E-state index in [1.807, 2.05) is 6.92 Å². The molecular weight excluding hydrogens is 256 g/mol. The van der Waals surface area contributed by atoms with Crippen LogP contribution in [0.2, 0.25) is 5.15 Å². The summed E-state index contributed by atoms with van der Waals surface area (Å²) in [4.78, 5) is 28.1. The molecule has 1 atom stereocenters. The predicted molar refractivity (Wildman–Crippen MR) is 67.7 cm³/mol. The maximum absolute atomic E-state index is 12.2. The van der Waals surface area contributed by atoms with Gasteiger partial charge in [-0.3, -0.25) is 9.59 Å². The molecule has 1 heterocycles. The van der Waals surface area contributed by atoms with Crippen LogP contribution in [-0.4, -0.2) is 39.5 Å². The number of pyridine rings is 1. The van der Waals surface area contributed by atoms with Crippen LogP contribution in [0.4, 0.5) is 0 Å². The van der Waals surface area contributed by atoms with Crippen molar-refractivity contribution in [2.75, 3.05) is 6.54 Å². The van der Waals surface area contributed by atoms with Gasteiger partial charge in [-0.1, -0.05) is 24.6 Å². The summed E-state index contributed by atoms with van der Waals surface area (Å²) in [7, 11) is 0. The Hall–Kier alpha value is -1.62. The zero-order valence-electron chi connectivity index (χ0n) is 10.3. The lowest BCUT2D eigenvalue weighted by Gasteiger charge is -2.26. The maximum atomic E-state index is 12.2. The first-order valence-corrected chi connectivity index (χ1v) is 5.98. The molecule has 0 saturated carbocycles. The van der Waals surface area contributed by atoms with Gasteiger partial charge in [-0.25, -0.2) is 4.98 Å². The van der Waals surface area contributed by atoms with Crippen LogP contribution in [0.15, 0.2) is 18.2 Å². The molecule has 1 unspecified atom stereocenters. The van der Waals surface area contributed by atoms with Crippen molar-refractivity contribution < 1.29 is 14.7 Å². The first-order chi connectivity index (χ1) is 8.45. The smallest absolute Gasteiger partial charge is 0.323 e. The molecule has 18 heavy (non-hydrogen) atoms. The number of halogens is 1. The highest BCUT2D eigenvalue weighted by atomic mass is 35.5. The van der Waals surface area contributed by atoms with Gasteiger partial charge >= 0.3 is 5.97 Å². The molecule has 0 spiro atoms. The summed E-state index contributed by atoms with van der Waals surface area (Å²) in [5.41, 5.74) is 0.157. The van der Waals surface area contributed by atoms with Crippen molar-refractivity contribution in [3.8, 4) is 0 Å². The number of aromatic nitrogens is 1. The highest BCUT2D eigenvalue weighted by Gasteiger charge is 2.23. The second kappa shape index (κ2) is 6.35. The summed E-state index contributed by atoms with van der Waals surface area (Å²) in [6.07, 6.45) is 0.666. The Labute approximate surface area is 110 Å². The van der Waals surface area contributed by atoms with Crippen LogP contribution in [0.3, 0.4) is 0 Å². The van der Waals surface area contributed by atoms with Gasteiger partial charge in [0.1, 0.15) is 17.4 Å². The number of aliphatic carboxylic acids is 1. The SMILES string of the molecule is CCC(C)N(CC(=O)O)C(=O)c1cccc(Cl)n1. The normalized spacial score (nSPS) is 11.9. The zero-order valence-corrected chi connectivity index (χ0v) is 11.0. The van der Waals surface area contributed by atoms with E-state index >= 15 is 0 Å². The molecule has 5 nitrogen and oxygen atoms in total. The van der Waals surface area contributed by atoms with Crippen molar-refractivity contribution in [2.45, 2.75) is 26.3 Å². The number of rotatable bonds is 5. The first-order valence-electron chi connectivity index (χ1n) is 5.61. The Bertz CT molecular complexity index is 451. The van der Waals surface area contributed by atoms with Crippen LogP contribution in [0.25, 0.3) is 0 Å². The second-order valence-electron chi connectivity index (χ2n) is 3.93. The minimum absolute atomic E-state index is 0.157. The van der Waals surface area contributed by atoms with Gasteiger partial charge in [0.15, 0.2) is 0 Å². The van der Waals surface area contributed by atoms with E-state index in [4.69, 9.17) is 16.7 Å². The van der Waals surface area contributed by atoms with E-state index < -0.39 is 11.9 Å². The Balaban J connectivity index is 2.98. The number of amides is 1. The van der Waals surface area contributed by atoms with Crippen molar-refractivity contribution in [2.24, 2.45) is 0 Å². The Morgan fingerprint density at radius 3 is 2.67 bits per heavy atom. The number of carboxylic acids is 1. The number of hydrogen-bond donors (Lipinski definition) is 1. The summed E-state index contributed by atoms with van der Waals surface area (Å²) >= 11 is 5.71. The standard InChI is InChI=1S/C12H15ClN2O3/c1-3-8(2)15(7-11(16)17)12(18)9-5-4-6-10(13)14-9/h4-6,8H,3,7H2,1-2H3,(H,16,17). The third kappa shape index (κ3) is 3.70. The van der Waals surface area contributed by atoms with Crippen LogP contribution in [0.5, 0.6) is 0 Å². The average Bonchev–Trinajstić information content (AvgIpc) is 2.34. The molecule has 0 aromatic carbocycles. The average molecular weight is 271 g/mol. The van der Waals surface area contributed by atoms with E-state index in [-0.39, 0.29) is 23.4 Å². The van der Waals surface area contributed by atoms with Crippen molar-refractivity contribution in [3.63, 3.8) is 0 Å². The van der Waals surface area contributed by atoms with Gasteiger partial charge in [0.25, 0.3) is 5.91 Å². The Morgan fingerprint density at radius 1 is 1.50 bits per heavy atom. The molecule has 0 bridgehead atoms. The first kappa shape index (κ1) is 14.4. The van der Waals surface area contributed by atoms with Gasteiger partial charge in [-0.05, 0) is 25.5 Å². The third-order valence-corrected chi connectivity index (χ3v) is 2.83. The summed E-state index contributed by atoms with van der Waals surface area (Å²) in [6, 6.07) is 4.52. The zero-order chi connectivity index (χ0) is 13.7. The van der Waals surface area contributed by atoms with Crippen LogP contribution in [0.1, 0.15) is 30.8 Å². The van der Waals surface area contributed by atoms with Crippen LogP contribution in [0, 0.1) is 0 Å². The van der Waals surface area contributed by atoms with Crippen LogP contribution >= 0.6 is 11.6 Å². The number of carbonyl (C=O) groups excluding carboxylic acids is 1. The lowest BCUT2D eigenvalue weighted by Crippen LogP contribution is -2.42. The van der Waals surface area contributed by atoms with Crippen LogP contribution < -0.4 is 0 Å². The molecule has 1 amide bonds. The molecule has 0 fully saturated rings. The number of hydrogen-bond acceptors (Lipinski definition) is 3. The molecule has 0 aliphatic heterocycles. The highest BCUT2D eigenvalue weighted by molar-refractivity contribution is 6.29. The van der Waals surface area contributed by atoms with E-state index in [0.29, 0.717) is 6.42 Å². The molecule has 0 aliphatic carbocycles. The molecule has 0 aliphatic rings. The quantitative estimate of drug-likeness (QED) is 0.832. The van der Waals surface area contributed by atoms with Crippen molar-refractivity contribution >= 4 is 23.5 Å². The molecular formula is C12H15ClN2O3. The number of carbonyl (C=O) groups is 2.